The summed E-state index contributed by atoms with van der Waals surface area (Å²) < 4.78 is 0. The summed E-state index contributed by atoms with van der Waals surface area (Å²) in [6.07, 6.45) is 1.23. The molecule has 104 valence electrons. The number of carbonyl (C=O) groups is 1. The van der Waals surface area contributed by atoms with Crippen LogP contribution in [0.1, 0.15) is 18.9 Å². The van der Waals surface area contributed by atoms with E-state index in [0.29, 0.717) is 28.9 Å². The molecule has 1 aliphatic rings. The third-order valence-electron chi connectivity index (χ3n) is 3.73. The van der Waals surface area contributed by atoms with Crippen LogP contribution < -0.4 is 0 Å². The normalized spacial score (nSPS) is 22.8. The molecule has 5 heteroatoms. The van der Waals surface area contributed by atoms with Crippen LogP contribution in [0.2, 0.25) is 10.0 Å². The van der Waals surface area contributed by atoms with Crippen molar-refractivity contribution in [3.8, 4) is 0 Å². The van der Waals surface area contributed by atoms with Gasteiger partial charge in [-0.3, -0.25) is 4.79 Å². The van der Waals surface area contributed by atoms with Crippen LogP contribution in [-0.4, -0.2) is 35.1 Å². The van der Waals surface area contributed by atoms with Gasteiger partial charge in [-0.15, -0.1) is 0 Å². The van der Waals surface area contributed by atoms with Gasteiger partial charge in [-0.2, -0.15) is 0 Å². The van der Waals surface area contributed by atoms with E-state index in [1.807, 2.05) is 0 Å². The first kappa shape index (κ1) is 14.6. The summed E-state index contributed by atoms with van der Waals surface area (Å²) in [5.41, 5.74) is 0.843. The third kappa shape index (κ3) is 3.22. The highest BCUT2D eigenvalue weighted by atomic mass is 35.5. The summed E-state index contributed by atoms with van der Waals surface area (Å²) >= 11 is 11.8. The van der Waals surface area contributed by atoms with Crippen LogP contribution in [-0.2, 0) is 11.2 Å². The van der Waals surface area contributed by atoms with E-state index in [-0.39, 0.29) is 18.6 Å². The third-order valence-corrected chi connectivity index (χ3v) is 4.47. The number of halogens is 2. The molecule has 0 aromatic heterocycles. The van der Waals surface area contributed by atoms with Crippen LogP contribution in [0.15, 0.2) is 18.2 Å². The first-order chi connectivity index (χ1) is 9.02. The van der Waals surface area contributed by atoms with Crippen molar-refractivity contribution in [2.45, 2.75) is 25.8 Å². The molecule has 0 radical (unpaired) electrons. The molecular weight excluding hydrogens is 285 g/mol. The monoisotopic (exact) mass is 301 g/mol. The molecule has 1 fully saturated rings. The Bertz CT molecular complexity index is 479. The van der Waals surface area contributed by atoms with Crippen molar-refractivity contribution >= 4 is 29.1 Å². The molecular formula is C14H17Cl2NO2. The lowest BCUT2D eigenvalue weighted by molar-refractivity contribution is -0.132. The molecule has 1 N–H and O–H groups in total. The topological polar surface area (TPSA) is 40.5 Å². The molecule has 0 aliphatic carbocycles. The van der Waals surface area contributed by atoms with Gasteiger partial charge in [-0.05, 0) is 30.0 Å². The Balaban J connectivity index is 2.06. The average molecular weight is 302 g/mol. The minimum Gasteiger partial charge on any atom is -0.394 e. The first-order valence-electron chi connectivity index (χ1n) is 6.37. The Hall–Kier alpha value is -0.770. The van der Waals surface area contributed by atoms with E-state index in [2.05, 4.69) is 6.92 Å². The molecule has 2 unspecified atom stereocenters. The number of amides is 1. The predicted molar refractivity (Wildman–Crippen MR) is 76.5 cm³/mol. The number of rotatable bonds is 3. The minimum absolute atomic E-state index is 0.0221. The number of likely N-dealkylation sites (tertiary alicyclic amines) is 1. The van der Waals surface area contributed by atoms with Crippen LogP contribution in [0, 0.1) is 5.92 Å². The van der Waals surface area contributed by atoms with E-state index in [1.54, 1.807) is 23.1 Å². The van der Waals surface area contributed by atoms with Crippen LogP contribution >= 0.6 is 23.2 Å². The molecule has 1 heterocycles. The largest absolute Gasteiger partial charge is 0.394 e. The van der Waals surface area contributed by atoms with Crippen molar-refractivity contribution in [1.29, 1.82) is 0 Å². The fourth-order valence-corrected chi connectivity index (χ4v) is 2.84. The van der Waals surface area contributed by atoms with E-state index in [1.165, 1.54) is 0 Å². The zero-order valence-electron chi connectivity index (χ0n) is 10.8. The lowest BCUT2D eigenvalue weighted by Crippen LogP contribution is -2.40. The van der Waals surface area contributed by atoms with Crippen molar-refractivity contribution in [3.05, 3.63) is 33.8 Å². The van der Waals surface area contributed by atoms with Gasteiger partial charge in [-0.1, -0.05) is 36.2 Å². The molecule has 2 rings (SSSR count). The van der Waals surface area contributed by atoms with Gasteiger partial charge >= 0.3 is 0 Å². The highest BCUT2D eigenvalue weighted by molar-refractivity contribution is 6.42. The standard InChI is InChI=1S/C14H17Cl2NO2/c1-9-4-5-17(13(9)8-18)14(19)7-10-2-3-11(15)12(16)6-10/h2-3,6,9,13,18H,4-5,7-8H2,1H3. The zero-order valence-corrected chi connectivity index (χ0v) is 12.3. The number of benzene rings is 1. The number of carbonyl (C=O) groups excluding carboxylic acids is 1. The van der Waals surface area contributed by atoms with Crippen molar-refractivity contribution in [2.75, 3.05) is 13.2 Å². The summed E-state index contributed by atoms with van der Waals surface area (Å²) in [5.74, 6) is 0.379. The molecule has 0 spiro atoms. The van der Waals surface area contributed by atoms with Gasteiger partial charge in [0.05, 0.1) is 29.1 Å². The number of hydrogen-bond acceptors (Lipinski definition) is 2. The van der Waals surface area contributed by atoms with Crippen LogP contribution in [0.4, 0.5) is 0 Å². The predicted octanol–water partition coefficient (Wildman–Crippen LogP) is 2.77. The fourth-order valence-electron chi connectivity index (χ4n) is 2.52. The van der Waals surface area contributed by atoms with E-state index < -0.39 is 0 Å². The second kappa shape index (κ2) is 6.12. The van der Waals surface area contributed by atoms with Gasteiger partial charge in [0, 0.05) is 6.54 Å². The Morgan fingerprint density at radius 3 is 2.79 bits per heavy atom. The van der Waals surface area contributed by atoms with Crippen molar-refractivity contribution < 1.29 is 9.90 Å². The molecule has 19 heavy (non-hydrogen) atoms. The van der Waals surface area contributed by atoms with Crippen molar-refractivity contribution in [3.63, 3.8) is 0 Å². The molecule has 1 amide bonds. The quantitative estimate of drug-likeness (QED) is 0.932. The van der Waals surface area contributed by atoms with Crippen molar-refractivity contribution in [1.82, 2.24) is 4.90 Å². The lowest BCUT2D eigenvalue weighted by atomic mass is 10.0. The summed E-state index contributed by atoms with van der Waals surface area (Å²) in [6.45, 7) is 2.80. The van der Waals surface area contributed by atoms with Gasteiger partial charge in [0.15, 0.2) is 0 Å². The van der Waals surface area contributed by atoms with Gasteiger partial charge < -0.3 is 10.0 Å². The number of nitrogens with zero attached hydrogens (tertiary/aromatic N) is 1. The molecule has 0 bridgehead atoms. The highest BCUT2D eigenvalue weighted by Gasteiger charge is 2.33. The number of aliphatic hydroxyl groups excluding tert-OH is 1. The maximum absolute atomic E-state index is 12.3. The van der Waals surface area contributed by atoms with Crippen molar-refractivity contribution in [2.24, 2.45) is 5.92 Å². The molecule has 1 aromatic carbocycles. The maximum atomic E-state index is 12.3. The molecule has 1 aliphatic heterocycles. The van der Waals surface area contributed by atoms with Crippen LogP contribution in [0.5, 0.6) is 0 Å². The number of hydrogen-bond donors (Lipinski definition) is 1. The van der Waals surface area contributed by atoms with Crippen LogP contribution in [0.3, 0.4) is 0 Å². The summed E-state index contributed by atoms with van der Waals surface area (Å²) in [5, 5.41) is 10.3. The number of aliphatic hydroxyl groups is 1. The summed E-state index contributed by atoms with van der Waals surface area (Å²) in [4.78, 5) is 14.0. The molecule has 3 nitrogen and oxygen atoms in total. The first-order valence-corrected chi connectivity index (χ1v) is 7.12. The zero-order chi connectivity index (χ0) is 14.0. The fraction of sp³-hybridized carbons (Fsp3) is 0.500. The second-order valence-electron chi connectivity index (χ2n) is 5.03. The Morgan fingerprint density at radius 2 is 2.16 bits per heavy atom. The smallest absolute Gasteiger partial charge is 0.227 e. The van der Waals surface area contributed by atoms with E-state index in [0.717, 1.165) is 12.0 Å². The van der Waals surface area contributed by atoms with Gasteiger partial charge in [0.2, 0.25) is 5.91 Å². The Labute approximate surface area is 123 Å². The minimum atomic E-state index is -0.0599. The van der Waals surface area contributed by atoms with E-state index in [9.17, 15) is 9.90 Å². The van der Waals surface area contributed by atoms with E-state index >= 15 is 0 Å². The Kier molecular flexibility index (Phi) is 4.71. The second-order valence-corrected chi connectivity index (χ2v) is 5.84. The Morgan fingerprint density at radius 1 is 1.42 bits per heavy atom. The molecule has 1 saturated heterocycles. The summed E-state index contributed by atoms with van der Waals surface area (Å²) in [6, 6.07) is 5.16. The average Bonchev–Trinajstić information content (AvgIpc) is 2.75. The van der Waals surface area contributed by atoms with Crippen LogP contribution in [0.25, 0.3) is 0 Å². The maximum Gasteiger partial charge on any atom is 0.227 e. The molecule has 1 aromatic rings. The summed E-state index contributed by atoms with van der Waals surface area (Å²) in [7, 11) is 0. The van der Waals surface area contributed by atoms with Gasteiger partial charge in [0.1, 0.15) is 0 Å². The lowest BCUT2D eigenvalue weighted by Gasteiger charge is -2.25. The molecule has 2 atom stereocenters. The highest BCUT2D eigenvalue weighted by Crippen LogP contribution is 2.26. The van der Waals surface area contributed by atoms with E-state index in [4.69, 9.17) is 23.2 Å². The molecule has 0 saturated carbocycles. The SMILES string of the molecule is CC1CCN(C(=O)Cc2ccc(Cl)c(Cl)c2)C1CO. The van der Waals surface area contributed by atoms with Gasteiger partial charge in [-0.25, -0.2) is 0 Å². The van der Waals surface area contributed by atoms with Gasteiger partial charge in [0.25, 0.3) is 0 Å².